The number of hydrogen-bond acceptors (Lipinski definition) is 2. The third kappa shape index (κ3) is 2.70. The van der Waals surface area contributed by atoms with E-state index in [1.165, 1.54) is 0 Å². The van der Waals surface area contributed by atoms with Crippen molar-refractivity contribution in [3.8, 4) is 0 Å². The van der Waals surface area contributed by atoms with Gasteiger partial charge in [-0.05, 0) is 18.1 Å². The number of hydrogen-bond donors (Lipinski definition) is 1. The first-order chi connectivity index (χ1) is 6.11. The summed E-state index contributed by atoms with van der Waals surface area (Å²) in [6.07, 6.45) is 2.00. The van der Waals surface area contributed by atoms with Gasteiger partial charge < -0.3 is 5.11 Å². The number of aliphatic carboxylic acids is 1. The fourth-order valence-corrected chi connectivity index (χ4v) is 1.19. The van der Waals surface area contributed by atoms with Gasteiger partial charge in [-0.15, -0.1) is 0 Å². The number of carbonyl (C=O) groups is 1. The Balaban J connectivity index is 2.74. The van der Waals surface area contributed by atoms with E-state index in [-0.39, 0.29) is 0 Å². The molecule has 0 aromatic carbocycles. The van der Waals surface area contributed by atoms with E-state index in [0.29, 0.717) is 11.6 Å². The highest BCUT2D eigenvalue weighted by Crippen LogP contribution is 2.16. The van der Waals surface area contributed by atoms with Crippen molar-refractivity contribution in [3.05, 3.63) is 29.0 Å². The molecule has 0 aliphatic carbocycles. The maximum absolute atomic E-state index is 10.6. The molecule has 1 N–H and O–H groups in total. The normalized spacial score (nSPS) is 12.5. The van der Waals surface area contributed by atoms with E-state index in [4.69, 9.17) is 16.7 Å². The van der Waals surface area contributed by atoms with Crippen LogP contribution in [-0.4, -0.2) is 16.1 Å². The van der Waals surface area contributed by atoms with E-state index >= 15 is 0 Å². The van der Waals surface area contributed by atoms with Crippen LogP contribution in [0.3, 0.4) is 0 Å². The summed E-state index contributed by atoms with van der Waals surface area (Å²) in [5.74, 6) is -1.25. The van der Waals surface area contributed by atoms with Crippen molar-refractivity contribution < 1.29 is 9.90 Å². The SMILES string of the molecule is CC(Cc1cccnc1Cl)C(=O)O. The number of rotatable bonds is 3. The van der Waals surface area contributed by atoms with Gasteiger partial charge in [-0.2, -0.15) is 0 Å². The van der Waals surface area contributed by atoms with E-state index in [1.807, 2.05) is 0 Å². The number of carboxylic acids is 1. The Hall–Kier alpha value is -1.09. The highest BCUT2D eigenvalue weighted by Gasteiger charge is 2.13. The quantitative estimate of drug-likeness (QED) is 0.758. The molecular formula is C9H10ClNO2. The summed E-state index contributed by atoms with van der Waals surface area (Å²) in [6, 6.07) is 3.53. The maximum atomic E-state index is 10.6. The summed E-state index contributed by atoms with van der Waals surface area (Å²) in [7, 11) is 0. The van der Waals surface area contributed by atoms with Crippen molar-refractivity contribution in [2.45, 2.75) is 13.3 Å². The molecule has 0 amide bonds. The molecule has 13 heavy (non-hydrogen) atoms. The summed E-state index contributed by atoms with van der Waals surface area (Å²) in [4.78, 5) is 14.4. The van der Waals surface area contributed by atoms with Gasteiger partial charge in [0.1, 0.15) is 5.15 Å². The van der Waals surface area contributed by atoms with Gasteiger partial charge >= 0.3 is 5.97 Å². The van der Waals surface area contributed by atoms with Crippen LogP contribution in [0.25, 0.3) is 0 Å². The number of halogens is 1. The van der Waals surface area contributed by atoms with E-state index in [9.17, 15) is 4.79 Å². The van der Waals surface area contributed by atoms with Gasteiger partial charge in [0.15, 0.2) is 0 Å². The predicted octanol–water partition coefficient (Wildman–Crippen LogP) is 2.00. The van der Waals surface area contributed by atoms with Crippen LogP contribution in [0.5, 0.6) is 0 Å². The Kier molecular flexibility index (Phi) is 3.25. The van der Waals surface area contributed by atoms with Gasteiger partial charge in [-0.3, -0.25) is 4.79 Å². The first-order valence-electron chi connectivity index (χ1n) is 3.93. The summed E-state index contributed by atoms with van der Waals surface area (Å²) < 4.78 is 0. The molecule has 0 fully saturated rings. The van der Waals surface area contributed by atoms with Crippen LogP contribution in [-0.2, 0) is 11.2 Å². The van der Waals surface area contributed by atoms with Crippen LogP contribution in [0.2, 0.25) is 5.15 Å². The van der Waals surface area contributed by atoms with Crippen molar-refractivity contribution in [1.29, 1.82) is 0 Å². The lowest BCUT2D eigenvalue weighted by Crippen LogP contribution is -2.12. The highest BCUT2D eigenvalue weighted by atomic mass is 35.5. The zero-order valence-corrected chi connectivity index (χ0v) is 7.95. The molecule has 1 aromatic rings. The van der Waals surface area contributed by atoms with Crippen LogP contribution < -0.4 is 0 Å². The van der Waals surface area contributed by atoms with Crippen LogP contribution in [0.15, 0.2) is 18.3 Å². The molecule has 0 aliphatic rings. The molecule has 0 bridgehead atoms. The zero-order valence-electron chi connectivity index (χ0n) is 7.20. The highest BCUT2D eigenvalue weighted by molar-refractivity contribution is 6.30. The van der Waals surface area contributed by atoms with Crippen molar-refractivity contribution >= 4 is 17.6 Å². The van der Waals surface area contributed by atoms with Crippen molar-refractivity contribution in [1.82, 2.24) is 4.98 Å². The molecule has 1 heterocycles. The molecule has 0 radical (unpaired) electrons. The van der Waals surface area contributed by atoms with Gasteiger partial charge in [-0.1, -0.05) is 24.6 Å². The first-order valence-corrected chi connectivity index (χ1v) is 4.31. The fourth-order valence-electron chi connectivity index (χ4n) is 0.989. The van der Waals surface area contributed by atoms with Gasteiger partial charge in [0, 0.05) is 6.20 Å². The standard InChI is InChI=1S/C9H10ClNO2/c1-6(9(12)13)5-7-3-2-4-11-8(7)10/h2-4,6H,5H2,1H3,(H,12,13). The van der Waals surface area contributed by atoms with Crippen molar-refractivity contribution in [3.63, 3.8) is 0 Å². The molecule has 3 nitrogen and oxygen atoms in total. The Morgan fingerprint density at radius 3 is 3.00 bits per heavy atom. The van der Waals surface area contributed by atoms with Gasteiger partial charge in [0.25, 0.3) is 0 Å². The molecule has 0 spiro atoms. The zero-order chi connectivity index (χ0) is 9.84. The molecule has 1 unspecified atom stereocenters. The summed E-state index contributed by atoms with van der Waals surface area (Å²) >= 11 is 5.77. The molecule has 1 aromatic heterocycles. The second kappa shape index (κ2) is 4.23. The van der Waals surface area contributed by atoms with Crippen molar-refractivity contribution in [2.24, 2.45) is 5.92 Å². The van der Waals surface area contributed by atoms with Crippen LogP contribution in [0.1, 0.15) is 12.5 Å². The molecule has 1 atom stereocenters. The third-order valence-corrected chi connectivity index (χ3v) is 2.12. The summed E-state index contributed by atoms with van der Waals surface area (Å²) in [5, 5.41) is 9.06. The smallest absolute Gasteiger partial charge is 0.306 e. The van der Waals surface area contributed by atoms with Gasteiger partial charge in [-0.25, -0.2) is 4.98 Å². The van der Waals surface area contributed by atoms with Crippen LogP contribution in [0, 0.1) is 5.92 Å². The fraction of sp³-hybridized carbons (Fsp3) is 0.333. The minimum Gasteiger partial charge on any atom is -0.481 e. The minimum absolute atomic E-state index is 0.385. The topological polar surface area (TPSA) is 50.2 Å². The predicted molar refractivity (Wildman–Crippen MR) is 49.8 cm³/mol. The average Bonchev–Trinajstić information content (AvgIpc) is 2.08. The first kappa shape index (κ1) is 9.99. The second-order valence-electron chi connectivity index (χ2n) is 2.90. The molecule has 4 heteroatoms. The lowest BCUT2D eigenvalue weighted by atomic mass is 10.0. The van der Waals surface area contributed by atoms with Crippen LogP contribution >= 0.6 is 11.6 Å². The Labute approximate surface area is 81.4 Å². The summed E-state index contributed by atoms with van der Waals surface area (Å²) in [5.41, 5.74) is 0.777. The summed E-state index contributed by atoms with van der Waals surface area (Å²) in [6.45, 7) is 1.64. The van der Waals surface area contributed by atoms with E-state index < -0.39 is 11.9 Å². The number of nitrogens with zero attached hydrogens (tertiary/aromatic N) is 1. The number of carboxylic acid groups (broad SMARTS) is 1. The lowest BCUT2D eigenvalue weighted by molar-refractivity contribution is -0.141. The number of aromatic nitrogens is 1. The lowest BCUT2D eigenvalue weighted by Gasteiger charge is -2.06. The van der Waals surface area contributed by atoms with Crippen LogP contribution in [0.4, 0.5) is 0 Å². The molecule has 1 rings (SSSR count). The van der Waals surface area contributed by atoms with Crippen molar-refractivity contribution in [2.75, 3.05) is 0 Å². The Bertz CT molecular complexity index is 314. The maximum Gasteiger partial charge on any atom is 0.306 e. The Morgan fingerprint density at radius 2 is 2.46 bits per heavy atom. The monoisotopic (exact) mass is 199 g/mol. The number of pyridine rings is 1. The molecule has 70 valence electrons. The van der Waals surface area contributed by atoms with Gasteiger partial charge in [0.05, 0.1) is 5.92 Å². The molecular weight excluding hydrogens is 190 g/mol. The van der Waals surface area contributed by atoms with E-state index in [1.54, 1.807) is 25.3 Å². The molecule has 0 aliphatic heterocycles. The molecule has 0 saturated heterocycles. The second-order valence-corrected chi connectivity index (χ2v) is 3.25. The molecule has 0 saturated carbocycles. The minimum atomic E-state index is -0.820. The Morgan fingerprint density at radius 1 is 1.77 bits per heavy atom. The van der Waals surface area contributed by atoms with E-state index in [0.717, 1.165) is 5.56 Å². The van der Waals surface area contributed by atoms with E-state index in [2.05, 4.69) is 4.98 Å². The average molecular weight is 200 g/mol. The van der Waals surface area contributed by atoms with Gasteiger partial charge in [0.2, 0.25) is 0 Å². The third-order valence-electron chi connectivity index (χ3n) is 1.78. The largest absolute Gasteiger partial charge is 0.481 e.